The molecule has 0 aliphatic carbocycles. The molecule has 3 nitrogen and oxygen atoms in total. The number of nitrogens with zero attached hydrogens (tertiary/aromatic N) is 1. The Morgan fingerprint density at radius 2 is 2.33 bits per heavy atom. The van der Waals surface area contributed by atoms with Crippen molar-refractivity contribution in [3.05, 3.63) is 40.9 Å². The van der Waals surface area contributed by atoms with Gasteiger partial charge < -0.3 is 11.1 Å². The van der Waals surface area contributed by atoms with Crippen LogP contribution in [-0.4, -0.2) is 6.26 Å². The minimum absolute atomic E-state index is 0.640. The van der Waals surface area contributed by atoms with Crippen LogP contribution in [0.5, 0.6) is 0 Å². The topological polar surface area (TPSA) is 61.8 Å². The molecule has 1 rings (SSSR count). The van der Waals surface area contributed by atoms with E-state index in [9.17, 15) is 0 Å². The summed E-state index contributed by atoms with van der Waals surface area (Å²) in [5.74, 6) is 0. The fourth-order valence-corrected chi connectivity index (χ4v) is 1.51. The second-order valence-electron chi connectivity index (χ2n) is 2.89. The lowest BCUT2D eigenvalue weighted by atomic mass is 10.2. The molecule has 0 atom stereocenters. The lowest BCUT2D eigenvalue weighted by Crippen LogP contribution is -2.11. The summed E-state index contributed by atoms with van der Waals surface area (Å²) in [5.41, 5.74) is 7.59. The Bertz CT molecular complexity index is 393. The molecule has 0 saturated carbocycles. The van der Waals surface area contributed by atoms with E-state index < -0.39 is 0 Å². The van der Waals surface area contributed by atoms with Crippen molar-refractivity contribution in [1.82, 2.24) is 5.32 Å². The van der Waals surface area contributed by atoms with Gasteiger partial charge in [-0.15, -0.1) is 11.8 Å². The summed E-state index contributed by atoms with van der Waals surface area (Å²) in [6.07, 6.45) is 3.41. The van der Waals surface area contributed by atoms with Crippen LogP contribution in [-0.2, 0) is 6.54 Å². The van der Waals surface area contributed by atoms with Gasteiger partial charge in [0.1, 0.15) is 0 Å². The van der Waals surface area contributed by atoms with Gasteiger partial charge in [-0.05, 0) is 17.9 Å². The van der Waals surface area contributed by atoms with Gasteiger partial charge in [-0.25, -0.2) is 0 Å². The second-order valence-corrected chi connectivity index (χ2v) is 3.74. The summed E-state index contributed by atoms with van der Waals surface area (Å²) >= 11 is 1.51. The van der Waals surface area contributed by atoms with Crippen molar-refractivity contribution in [1.29, 1.82) is 5.26 Å². The number of nitrogens with one attached hydrogen (secondary N) is 1. The monoisotopic (exact) mass is 219 g/mol. The van der Waals surface area contributed by atoms with Gasteiger partial charge in [0.2, 0.25) is 0 Å². The highest BCUT2D eigenvalue weighted by Crippen LogP contribution is 2.13. The van der Waals surface area contributed by atoms with Crippen molar-refractivity contribution in [3.8, 4) is 6.07 Å². The number of hydrogen-bond donors (Lipinski definition) is 2. The molecule has 0 heterocycles. The number of thioether (sulfide) groups is 1. The number of nitrogen functional groups attached to an aromatic ring is 1. The highest BCUT2D eigenvalue weighted by molar-refractivity contribution is 8.02. The zero-order valence-corrected chi connectivity index (χ0v) is 9.34. The average molecular weight is 219 g/mol. The molecule has 0 saturated heterocycles. The third kappa shape index (κ3) is 3.56. The minimum atomic E-state index is 0.640. The van der Waals surface area contributed by atoms with Crippen LogP contribution in [0.2, 0.25) is 0 Å². The van der Waals surface area contributed by atoms with Crippen LogP contribution in [0, 0.1) is 11.3 Å². The lowest BCUT2D eigenvalue weighted by molar-refractivity contribution is 0.859. The molecule has 4 heteroatoms. The summed E-state index contributed by atoms with van der Waals surface area (Å²) in [6.45, 7) is 0.640. The van der Waals surface area contributed by atoms with Gasteiger partial charge in [-0.1, -0.05) is 18.2 Å². The zero-order valence-electron chi connectivity index (χ0n) is 8.53. The van der Waals surface area contributed by atoms with E-state index in [-0.39, 0.29) is 0 Å². The normalized spacial score (nSPS) is 10.8. The van der Waals surface area contributed by atoms with Gasteiger partial charge >= 0.3 is 0 Å². The van der Waals surface area contributed by atoms with Crippen molar-refractivity contribution < 1.29 is 0 Å². The van der Waals surface area contributed by atoms with Crippen LogP contribution in [0.3, 0.4) is 0 Å². The predicted molar refractivity (Wildman–Crippen MR) is 64.9 cm³/mol. The summed E-state index contributed by atoms with van der Waals surface area (Å²) in [4.78, 5) is 0. The Labute approximate surface area is 94.0 Å². The SMILES string of the molecule is CSC(=CC#N)NCc1ccccc1N. The summed E-state index contributed by atoms with van der Waals surface area (Å²) in [5, 5.41) is 12.5. The predicted octanol–water partition coefficient (Wildman–Crippen LogP) is 2.09. The van der Waals surface area contributed by atoms with E-state index in [2.05, 4.69) is 5.32 Å². The molecular formula is C11H13N3S. The Morgan fingerprint density at radius 1 is 1.60 bits per heavy atom. The van der Waals surface area contributed by atoms with Crippen molar-refractivity contribution in [2.75, 3.05) is 12.0 Å². The number of para-hydroxylation sites is 1. The van der Waals surface area contributed by atoms with Gasteiger partial charge in [0.25, 0.3) is 0 Å². The van der Waals surface area contributed by atoms with Crippen LogP contribution in [0.1, 0.15) is 5.56 Å². The number of nitriles is 1. The highest BCUT2D eigenvalue weighted by Gasteiger charge is 1.98. The molecular weight excluding hydrogens is 206 g/mol. The van der Waals surface area contributed by atoms with E-state index in [1.807, 2.05) is 36.6 Å². The number of anilines is 1. The van der Waals surface area contributed by atoms with Crippen LogP contribution in [0.4, 0.5) is 5.69 Å². The number of nitrogens with two attached hydrogens (primary N) is 1. The van der Waals surface area contributed by atoms with Crippen molar-refractivity contribution in [2.24, 2.45) is 0 Å². The van der Waals surface area contributed by atoms with Crippen LogP contribution >= 0.6 is 11.8 Å². The maximum atomic E-state index is 8.52. The number of rotatable bonds is 4. The zero-order chi connectivity index (χ0) is 11.1. The van der Waals surface area contributed by atoms with E-state index in [0.717, 1.165) is 16.3 Å². The quantitative estimate of drug-likeness (QED) is 0.601. The first-order valence-electron chi connectivity index (χ1n) is 4.49. The highest BCUT2D eigenvalue weighted by atomic mass is 32.2. The van der Waals surface area contributed by atoms with E-state index in [4.69, 9.17) is 11.0 Å². The number of allylic oxidation sites excluding steroid dienone is 1. The largest absolute Gasteiger partial charge is 0.398 e. The smallest absolute Gasteiger partial charge is 0.0939 e. The first-order chi connectivity index (χ1) is 7.27. The Kier molecular flexibility index (Phi) is 4.58. The fourth-order valence-electron chi connectivity index (χ4n) is 1.12. The molecule has 0 aromatic heterocycles. The molecule has 0 aliphatic heterocycles. The minimum Gasteiger partial charge on any atom is -0.398 e. The van der Waals surface area contributed by atoms with Crippen LogP contribution in [0.15, 0.2) is 35.4 Å². The van der Waals surface area contributed by atoms with Crippen LogP contribution < -0.4 is 11.1 Å². The summed E-state index contributed by atoms with van der Waals surface area (Å²) in [6, 6.07) is 9.67. The molecule has 0 fully saturated rings. The van der Waals surface area contributed by atoms with E-state index in [1.54, 1.807) is 0 Å². The van der Waals surface area contributed by atoms with Crippen molar-refractivity contribution >= 4 is 17.4 Å². The molecule has 0 unspecified atom stereocenters. The molecule has 0 spiro atoms. The average Bonchev–Trinajstić information content (AvgIpc) is 2.26. The molecule has 3 N–H and O–H groups in total. The standard InChI is InChI=1S/C11H13N3S/c1-15-11(6-7-12)14-8-9-4-2-3-5-10(9)13/h2-6,14H,8,13H2,1H3. The van der Waals surface area contributed by atoms with E-state index in [0.29, 0.717) is 6.54 Å². The van der Waals surface area contributed by atoms with Crippen molar-refractivity contribution in [2.45, 2.75) is 6.54 Å². The molecule has 78 valence electrons. The maximum absolute atomic E-state index is 8.52. The van der Waals surface area contributed by atoms with Gasteiger partial charge in [-0.3, -0.25) is 0 Å². The number of benzene rings is 1. The molecule has 1 aromatic rings. The first-order valence-corrected chi connectivity index (χ1v) is 5.71. The molecule has 1 aromatic carbocycles. The fraction of sp³-hybridized carbons (Fsp3) is 0.182. The molecule has 0 aliphatic rings. The van der Waals surface area contributed by atoms with Crippen LogP contribution in [0.25, 0.3) is 0 Å². The van der Waals surface area contributed by atoms with E-state index in [1.165, 1.54) is 17.8 Å². The Morgan fingerprint density at radius 3 is 2.93 bits per heavy atom. The third-order valence-corrected chi connectivity index (χ3v) is 2.63. The molecule has 0 radical (unpaired) electrons. The first kappa shape index (κ1) is 11.5. The van der Waals surface area contributed by atoms with Gasteiger partial charge in [0.05, 0.1) is 11.1 Å². The molecule has 0 bridgehead atoms. The number of hydrogen-bond acceptors (Lipinski definition) is 4. The molecule has 15 heavy (non-hydrogen) atoms. The van der Waals surface area contributed by atoms with Crippen molar-refractivity contribution in [3.63, 3.8) is 0 Å². The summed E-state index contributed by atoms with van der Waals surface area (Å²) in [7, 11) is 0. The second kappa shape index (κ2) is 5.99. The van der Waals surface area contributed by atoms with Gasteiger partial charge in [-0.2, -0.15) is 5.26 Å². The van der Waals surface area contributed by atoms with E-state index >= 15 is 0 Å². The Hall–Kier alpha value is -1.60. The maximum Gasteiger partial charge on any atom is 0.0939 e. The van der Waals surface area contributed by atoms with Gasteiger partial charge in [0, 0.05) is 18.3 Å². The molecule has 0 amide bonds. The summed E-state index contributed by atoms with van der Waals surface area (Å²) < 4.78 is 0. The Balaban J connectivity index is 2.61. The van der Waals surface area contributed by atoms with Gasteiger partial charge in [0.15, 0.2) is 0 Å². The lowest BCUT2D eigenvalue weighted by Gasteiger charge is -2.09. The third-order valence-electron chi connectivity index (χ3n) is 1.92.